The highest BCUT2D eigenvalue weighted by atomic mass is 19.1. The van der Waals surface area contributed by atoms with Gasteiger partial charge >= 0.3 is 0 Å². The van der Waals surface area contributed by atoms with Gasteiger partial charge in [-0.3, -0.25) is 4.79 Å². The molecule has 4 heteroatoms. The summed E-state index contributed by atoms with van der Waals surface area (Å²) in [5.74, 6) is 0.184. The maximum Gasteiger partial charge on any atom is 0.257 e. The Morgan fingerprint density at radius 1 is 1.05 bits per heavy atom. The Hall–Kier alpha value is -2.36. The molecule has 0 saturated carbocycles. The molecule has 0 atom stereocenters. The first-order chi connectivity index (χ1) is 9.75. The number of rotatable bonds is 6. The summed E-state index contributed by atoms with van der Waals surface area (Å²) in [4.78, 5) is 11.6. The van der Waals surface area contributed by atoms with Crippen molar-refractivity contribution >= 4 is 5.91 Å². The van der Waals surface area contributed by atoms with E-state index in [2.05, 4.69) is 5.32 Å². The van der Waals surface area contributed by atoms with E-state index in [0.29, 0.717) is 24.3 Å². The number of carbonyl (C=O) groups is 1. The van der Waals surface area contributed by atoms with Crippen LogP contribution in [0.25, 0.3) is 0 Å². The summed E-state index contributed by atoms with van der Waals surface area (Å²) in [6.07, 6.45) is 0.462. The fourth-order valence-corrected chi connectivity index (χ4v) is 1.75. The third-order valence-electron chi connectivity index (χ3n) is 2.79. The predicted molar refractivity (Wildman–Crippen MR) is 75.1 cm³/mol. The van der Waals surface area contributed by atoms with Crippen LogP contribution in [0.4, 0.5) is 4.39 Å². The molecule has 2 aromatic rings. The first-order valence-electron chi connectivity index (χ1n) is 6.43. The van der Waals surface area contributed by atoms with E-state index in [1.54, 1.807) is 30.3 Å². The molecule has 1 N–H and O–H groups in total. The Morgan fingerprint density at radius 3 is 2.50 bits per heavy atom. The maximum absolute atomic E-state index is 13.3. The maximum atomic E-state index is 13.3. The number of para-hydroxylation sites is 1. The number of nitrogens with one attached hydrogen (secondary N) is 1. The average Bonchev–Trinajstić information content (AvgIpc) is 2.48. The summed E-state index contributed by atoms with van der Waals surface area (Å²) < 4.78 is 18.7. The molecule has 0 saturated heterocycles. The van der Waals surface area contributed by atoms with Gasteiger partial charge in [0.1, 0.15) is 11.6 Å². The highest BCUT2D eigenvalue weighted by molar-refractivity contribution is 5.77. The molecule has 2 aromatic carbocycles. The SMILES string of the molecule is O=C(COc1ccccc1)NCCc1ccccc1F. The Labute approximate surface area is 117 Å². The number of halogens is 1. The van der Waals surface area contributed by atoms with Gasteiger partial charge in [0.25, 0.3) is 5.91 Å². The van der Waals surface area contributed by atoms with Gasteiger partial charge in [-0.15, -0.1) is 0 Å². The van der Waals surface area contributed by atoms with Crippen molar-refractivity contribution in [3.63, 3.8) is 0 Å². The van der Waals surface area contributed by atoms with E-state index in [-0.39, 0.29) is 18.3 Å². The molecule has 0 bridgehead atoms. The van der Waals surface area contributed by atoms with Crippen molar-refractivity contribution in [2.24, 2.45) is 0 Å². The lowest BCUT2D eigenvalue weighted by Gasteiger charge is -2.07. The Morgan fingerprint density at radius 2 is 1.75 bits per heavy atom. The summed E-state index contributed by atoms with van der Waals surface area (Å²) in [5.41, 5.74) is 0.594. The minimum absolute atomic E-state index is 0.0404. The molecule has 1 amide bonds. The van der Waals surface area contributed by atoms with Gasteiger partial charge in [0, 0.05) is 6.54 Å². The molecule has 0 aliphatic carbocycles. The summed E-state index contributed by atoms with van der Waals surface area (Å²) in [6.45, 7) is 0.346. The molecule has 0 aliphatic rings. The average molecular weight is 273 g/mol. The second kappa shape index (κ2) is 7.28. The van der Waals surface area contributed by atoms with Crippen molar-refractivity contribution in [1.82, 2.24) is 5.32 Å². The van der Waals surface area contributed by atoms with Crippen LogP contribution in [0, 0.1) is 5.82 Å². The second-order valence-corrected chi connectivity index (χ2v) is 4.29. The van der Waals surface area contributed by atoms with Gasteiger partial charge < -0.3 is 10.1 Å². The molecule has 0 spiro atoms. The number of ether oxygens (including phenoxy) is 1. The van der Waals surface area contributed by atoms with E-state index in [1.807, 2.05) is 18.2 Å². The zero-order valence-corrected chi connectivity index (χ0v) is 11.0. The van der Waals surface area contributed by atoms with Crippen molar-refractivity contribution in [3.05, 3.63) is 66.0 Å². The highest BCUT2D eigenvalue weighted by Gasteiger charge is 2.04. The van der Waals surface area contributed by atoms with Crippen molar-refractivity contribution in [3.8, 4) is 5.75 Å². The Bertz CT molecular complexity index is 557. The first-order valence-corrected chi connectivity index (χ1v) is 6.43. The third-order valence-corrected chi connectivity index (χ3v) is 2.79. The smallest absolute Gasteiger partial charge is 0.257 e. The number of carbonyl (C=O) groups excluding carboxylic acids is 1. The van der Waals surface area contributed by atoms with Gasteiger partial charge in [0.2, 0.25) is 0 Å². The lowest BCUT2D eigenvalue weighted by atomic mass is 10.1. The second-order valence-electron chi connectivity index (χ2n) is 4.29. The Kier molecular flexibility index (Phi) is 5.12. The van der Waals surface area contributed by atoms with Crippen LogP contribution in [-0.4, -0.2) is 19.1 Å². The molecule has 3 nitrogen and oxygen atoms in total. The minimum atomic E-state index is -0.248. The van der Waals surface area contributed by atoms with E-state index in [1.165, 1.54) is 6.07 Å². The standard InChI is InChI=1S/C16H16FNO2/c17-15-9-5-4-6-13(15)10-11-18-16(19)12-20-14-7-2-1-3-8-14/h1-9H,10-12H2,(H,18,19). The molecule has 2 rings (SSSR count). The number of amides is 1. The summed E-state index contributed by atoms with van der Waals surface area (Å²) >= 11 is 0. The molecule has 0 aromatic heterocycles. The highest BCUT2D eigenvalue weighted by Crippen LogP contribution is 2.08. The van der Waals surface area contributed by atoms with Crippen LogP contribution in [0.15, 0.2) is 54.6 Å². The predicted octanol–water partition coefficient (Wildman–Crippen LogP) is 2.56. The monoisotopic (exact) mass is 273 g/mol. The van der Waals surface area contributed by atoms with Crippen LogP contribution >= 0.6 is 0 Å². The van der Waals surface area contributed by atoms with Gasteiger partial charge in [-0.1, -0.05) is 36.4 Å². The molecule has 104 valence electrons. The molecule has 20 heavy (non-hydrogen) atoms. The van der Waals surface area contributed by atoms with Crippen LogP contribution in [0.5, 0.6) is 5.75 Å². The van der Waals surface area contributed by atoms with Crippen molar-refractivity contribution < 1.29 is 13.9 Å². The lowest BCUT2D eigenvalue weighted by molar-refractivity contribution is -0.123. The number of hydrogen-bond acceptors (Lipinski definition) is 2. The van der Waals surface area contributed by atoms with Gasteiger partial charge in [0.05, 0.1) is 0 Å². The van der Waals surface area contributed by atoms with E-state index < -0.39 is 0 Å². The summed E-state index contributed by atoms with van der Waals surface area (Å²) in [7, 11) is 0. The normalized spacial score (nSPS) is 10.1. The first kappa shape index (κ1) is 14.1. The van der Waals surface area contributed by atoms with Gasteiger partial charge in [0.15, 0.2) is 6.61 Å². The fourth-order valence-electron chi connectivity index (χ4n) is 1.75. The molecule has 0 heterocycles. The zero-order valence-electron chi connectivity index (χ0n) is 11.0. The van der Waals surface area contributed by atoms with Crippen LogP contribution in [0.2, 0.25) is 0 Å². The van der Waals surface area contributed by atoms with Gasteiger partial charge in [-0.25, -0.2) is 4.39 Å². The quantitative estimate of drug-likeness (QED) is 0.878. The van der Waals surface area contributed by atoms with E-state index in [4.69, 9.17) is 4.74 Å². The third kappa shape index (κ3) is 4.39. The molecule has 0 aliphatic heterocycles. The van der Waals surface area contributed by atoms with Crippen LogP contribution in [-0.2, 0) is 11.2 Å². The van der Waals surface area contributed by atoms with Crippen LogP contribution in [0.1, 0.15) is 5.56 Å². The minimum Gasteiger partial charge on any atom is -0.484 e. The topological polar surface area (TPSA) is 38.3 Å². The number of hydrogen-bond donors (Lipinski definition) is 1. The van der Waals surface area contributed by atoms with Gasteiger partial charge in [-0.05, 0) is 30.2 Å². The molecule has 0 radical (unpaired) electrons. The van der Waals surface area contributed by atoms with Crippen LogP contribution < -0.4 is 10.1 Å². The van der Waals surface area contributed by atoms with Crippen molar-refractivity contribution in [2.75, 3.05) is 13.2 Å². The molecular weight excluding hydrogens is 257 g/mol. The molecule has 0 unspecified atom stereocenters. The van der Waals surface area contributed by atoms with Crippen molar-refractivity contribution in [1.29, 1.82) is 0 Å². The van der Waals surface area contributed by atoms with E-state index in [0.717, 1.165) is 0 Å². The summed E-state index contributed by atoms with van der Waals surface area (Å²) in [5, 5.41) is 2.70. The fraction of sp³-hybridized carbons (Fsp3) is 0.188. The largest absolute Gasteiger partial charge is 0.484 e. The lowest BCUT2D eigenvalue weighted by Crippen LogP contribution is -2.30. The zero-order chi connectivity index (χ0) is 14.2. The molecule has 0 fully saturated rings. The van der Waals surface area contributed by atoms with Crippen molar-refractivity contribution in [2.45, 2.75) is 6.42 Å². The Balaban J connectivity index is 1.69. The van der Waals surface area contributed by atoms with Gasteiger partial charge in [-0.2, -0.15) is 0 Å². The molecular formula is C16H16FNO2. The van der Waals surface area contributed by atoms with E-state index in [9.17, 15) is 9.18 Å². The summed E-state index contributed by atoms with van der Waals surface area (Å²) in [6, 6.07) is 15.7. The number of benzene rings is 2. The van der Waals surface area contributed by atoms with Crippen LogP contribution in [0.3, 0.4) is 0 Å². The van der Waals surface area contributed by atoms with E-state index >= 15 is 0 Å².